The van der Waals surface area contributed by atoms with Gasteiger partial charge in [0.05, 0.1) is 6.61 Å². The van der Waals surface area contributed by atoms with Crippen molar-refractivity contribution in [1.29, 1.82) is 0 Å². The molecule has 0 radical (unpaired) electrons. The monoisotopic (exact) mass is 248 g/mol. The van der Waals surface area contributed by atoms with Crippen LogP contribution in [0.2, 0.25) is 0 Å². The van der Waals surface area contributed by atoms with Crippen LogP contribution < -0.4 is 0 Å². The standard InChI is InChI=1S/C16H24O2/c1-12-14(11-18-2)10-15(16(12)17)13-8-6-4-3-5-7-9-13/h3-11H2,1-2H3. The Bertz CT molecular complexity index is 378. The van der Waals surface area contributed by atoms with E-state index < -0.39 is 0 Å². The fraction of sp³-hybridized carbons (Fsp3) is 0.688. The summed E-state index contributed by atoms with van der Waals surface area (Å²) < 4.78 is 5.19. The van der Waals surface area contributed by atoms with Crippen molar-refractivity contribution in [1.82, 2.24) is 0 Å². The lowest BCUT2D eigenvalue weighted by Gasteiger charge is -2.14. The Balaban J connectivity index is 2.16. The van der Waals surface area contributed by atoms with E-state index in [0.29, 0.717) is 6.61 Å². The van der Waals surface area contributed by atoms with Gasteiger partial charge in [0.25, 0.3) is 0 Å². The van der Waals surface area contributed by atoms with Crippen LogP contribution in [0.5, 0.6) is 0 Å². The molecule has 0 aromatic carbocycles. The average molecular weight is 248 g/mol. The maximum atomic E-state index is 12.3. The van der Waals surface area contributed by atoms with E-state index in [1.165, 1.54) is 43.3 Å². The van der Waals surface area contributed by atoms with E-state index in [-0.39, 0.29) is 5.78 Å². The highest BCUT2D eigenvalue weighted by molar-refractivity contribution is 6.12. The predicted octanol–water partition coefficient (Wildman–Crippen LogP) is 3.96. The summed E-state index contributed by atoms with van der Waals surface area (Å²) in [5, 5.41) is 0. The summed E-state index contributed by atoms with van der Waals surface area (Å²) in [5.41, 5.74) is 4.65. The van der Waals surface area contributed by atoms with Gasteiger partial charge in [-0.3, -0.25) is 4.79 Å². The van der Waals surface area contributed by atoms with E-state index in [9.17, 15) is 4.79 Å². The first-order valence-corrected chi connectivity index (χ1v) is 7.17. The Morgan fingerprint density at radius 1 is 1.06 bits per heavy atom. The van der Waals surface area contributed by atoms with Crippen LogP contribution in [-0.4, -0.2) is 19.5 Å². The molecule has 1 saturated carbocycles. The number of ketones is 1. The zero-order valence-corrected chi connectivity index (χ0v) is 11.7. The van der Waals surface area contributed by atoms with E-state index in [1.807, 2.05) is 6.92 Å². The lowest BCUT2D eigenvalue weighted by molar-refractivity contribution is -0.112. The van der Waals surface area contributed by atoms with Gasteiger partial charge in [-0.25, -0.2) is 0 Å². The quantitative estimate of drug-likeness (QED) is 0.691. The Hall–Kier alpha value is -0.890. The molecule has 2 aliphatic rings. The van der Waals surface area contributed by atoms with Crippen LogP contribution in [-0.2, 0) is 9.53 Å². The van der Waals surface area contributed by atoms with Crippen molar-refractivity contribution in [2.24, 2.45) is 0 Å². The lowest BCUT2D eigenvalue weighted by Crippen LogP contribution is -2.03. The second kappa shape index (κ2) is 6.33. The molecule has 0 unspecified atom stereocenters. The summed E-state index contributed by atoms with van der Waals surface area (Å²) in [6, 6.07) is 0. The molecule has 18 heavy (non-hydrogen) atoms. The number of hydrogen-bond donors (Lipinski definition) is 0. The van der Waals surface area contributed by atoms with E-state index in [4.69, 9.17) is 4.74 Å². The molecular formula is C16H24O2. The van der Waals surface area contributed by atoms with Crippen LogP contribution in [0.4, 0.5) is 0 Å². The Morgan fingerprint density at radius 2 is 1.67 bits per heavy atom. The van der Waals surface area contributed by atoms with Crippen LogP contribution >= 0.6 is 0 Å². The summed E-state index contributed by atoms with van der Waals surface area (Å²) >= 11 is 0. The molecule has 0 aromatic rings. The maximum Gasteiger partial charge on any atom is 0.185 e. The molecule has 0 atom stereocenters. The Kier molecular flexibility index (Phi) is 4.76. The van der Waals surface area contributed by atoms with Gasteiger partial charge < -0.3 is 4.74 Å². The van der Waals surface area contributed by atoms with Crippen molar-refractivity contribution in [3.8, 4) is 0 Å². The SMILES string of the molecule is COCC1=C(C)C(=O)C(=C2CCCCCCC2)C1. The zero-order valence-electron chi connectivity index (χ0n) is 11.7. The summed E-state index contributed by atoms with van der Waals surface area (Å²) in [6.45, 7) is 2.56. The Labute approximate surface area is 110 Å². The molecule has 0 amide bonds. The second-order valence-corrected chi connectivity index (χ2v) is 5.52. The van der Waals surface area contributed by atoms with Crippen LogP contribution in [0, 0.1) is 0 Å². The molecule has 100 valence electrons. The lowest BCUT2D eigenvalue weighted by atomic mass is 9.91. The smallest absolute Gasteiger partial charge is 0.185 e. The number of ether oxygens (including phenoxy) is 1. The molecule has 2 rings (SSSR count). The number of methoxy groups -OCH3 is 1. The maximum absolute atomic E-state index is 12.3. The molecule has 0 N–H and O–H groups in total. The Morgan fingerprint density at radius 3 is 2.28 bits per heavy atom. The summed E-state index contributed by atoms with van der Waals surface area (Å²) in [6.07, 6.45) is 9.62. The second-order valence-electron chi connectivity index (χ2n) is 5.52. The highest BCUT2D eigenvalue weighted by Crippen LogP contribution is 2.34. The molecule has 0 spiro atoms. The predicted molar refractivity (Wildman–Crippen MR) is 73.5 cm³/mol. The minimum atomic E-state index is 0.289. The van der Waals surface area contributed by atoms with Crippen LogP contribution in [0.25, 0.3) is 0 Å². The molecule has 0 bridgehead atoms. The first kappa shape index (κ1) is 13.5. The van der Waals surface area contributed by atoms with Crippen molar-refractivity contribution >= 4 is 5.78 Å². The minimum absolute atomic E-state index is 0.289. The number of hydrogen-bond acceptors (Lipinski definition) is 2. The van der Waals surface area contributed by atoms with Crippen LogP contribution in [0.1, 0.15) is 58.3 Å². The van der Waals surface area contributed by atoms with Crippen LogP contribution in [0.3, 0.4) is 0 Å². The van der Waals surface area contributed by atoms with Gasteiger partial charge in [0.2, 0.25) is 0 Å². The van der Waals surface area contributed by atoms with E-state index in [2.05, 4.69) is 0 Å². The molecular weight excluding hydrogens is 224 g/mol. The fourth-order valence-electron chi connectivity index (χ4n) is 3.07. The van der Waals surface area contributed by atoms with E-state index in [0.717, 1.165) is 30.4 Å². The molecule has 2 heteroatoms. The van der Waals surface area contributed by atoms with Crippen molar-refractivity contribution in [3.05, 3.63) is 22.3 Å². The van der Waals surface area contributed by atoms with Crippen molar-refractivity contribution in [2.75, 3.05) is 13.7 Å². The minimum Gasteiger partial charge on any atom is -0.380 e. The molecule has 2 aliphatic carbocycles. The van der Waals surface area contributed by atoms with Gasteiger partial charge >= 0.3 is 0 Å². The normalized spacial score (nSPS) is 22.4. The van der Waals surface area contributed by atoms with Gasteiger partial charge in [-0.05, 0) is 43.8 Å². The number of carbonyl (C=O) groups excluding carboxylic acids is 1. The zero-order chi connectivity index (χ0) is 13.0. The van der Waals surface area contributed by atoms with E-state index >= 15 is 0 Å². The molecule has 0 aliphatic heterocycles. The van der Waals surface area contributed by atoms with Crippen molar-refractivity contribution in [2.45, 2.75) is 58.3 Å². The highest BCUT2D eigenvalue weighted by Gasteiger charge is 2.27. The van der Waals surface area contributed by atoms with Gasteiger partial charge in [-0.1, -0.05) is 24.8 Å². The fourth-order valence-corrected chi connectivity index (χ4v) is 3.07. The molecule has 1 fully saturated rings. The van der Waals surface area contributed by atoms with E-state index in [1.54, 1.807) is 7.11 Å². The third-order valence-corrected chi connectivity index (χ3v) is 4.24. The number of Topliss-reactive ketones (excluding diaryl/α,β-unsaturated/α-hetero) is 1. The average Bonchev–Trinajstić information content (AvgIpc) is 2.58. The third kappa shape index (κ3) is 2.92. The van der Waals surface area contributed by atoms with Gasteiger partial charge in [0, 0.05) is 19.1 Å². The molecule has 0 aromatic heterocycles. The van der Waals surface area contributed by atoms with Gasteiger partial charge in [-0.15, -0.1) is 0 Å². The first-order valence-electron chi connectivity index (χ1n) is 7.17. The van der Waals surface area contributed by atoms with Gasteiger partial charge in [0.1, 0.15) is 0 Å². The van der Waals surface area contributed by atoms with Crippen LogP contribution in [0.15, 0.2) is 22.3 Å². The third-order valence-electron chi connectivity index (χ3n) is 4.24. The largest absolute Gasteiger partial charge is 0.380 e. The molecule has 2 nitrogen and oxygen atoms in total. The number of rotatable bonds is 2. The number of allylic oxidation sites excluding steroid dienone is 3. The van der Waals surface area contributed by atoms with Gasteiger partial charge in [0.15, 0.2) is 5.78 Å². The number of carbonyl (C=O) groups is 1. The van der Waals surface area contributed by atoms with Gasteiger partial charge in [-0.2, -0.15) is 0 Å². The summed E-state index contributed by atoms with van der Waals surface area (Å²) in [4.78, 5) is 12.3. The topological polar surface area (TPSA) is 26.3 Å². The first-order chi connectivity index (χ1) is 8.74. The summed E-state index contributed by atoms with van der Waals surface area (Å²) in [7, 11) is 1.70. The molecule has 0 saturated heterocycles. The highest BCUT2D eigenvalue weighted by atomic mass is 16.5. The van der Waals surface area contributed by atoms with Crippen molar-refractivity contribution < 1.29 is 9.53 Å². The van der Waals surface area contributed by atoms with Crippen molar-refractivity contribution in [3.63, 3.8) is 0 Å². The summed E-state index contributed by atoms with van der Waals surface area (Å²) in [5.74, 6) is 0.289. The molecule has 0 heterocycles.